The van der Waals surface area contributed by atoms with Gasteiger partial charge in [-0.3, -0.25) is 14.6 Å². The average Bonchev–Trinajstić information content (AvgIpc) is 3.51. The molecule has 3 amide bonds. The van der Waals surface area contributed by atoms with Crippen LogP contribution in [0.5, 0.6) is 5.75 Å². The van der Waals surface area contributed by atoms with Crippen LogP contribution in [0, 0.1) is 6.92 Å². The van der Waals surface area contributed by atoms with E-state index in [1.807, 2.05) is 61.5 Å². The Morgan fingerprint density at radius 2 is 1.48 bits per heavy atom. The van der Waals surface area contributed by atoms with Crippen molar-refractivity contribution >= 4 is 40.9 Å². The summed E-state index contributed by atoms with van der Waals surface area (Å²) < 4.78 is 0. The van der Waals surface area contributed by atoms with Gasteiger partial charge in [-0.15, -0.1) is 11.3 Å². The van der Waals surface area contributed by atoms with E-state index in [2.05, 4.69) is 83.9 Å². The second-order valence-electron chi connectivity index (χ2n) is 15.0. The summed E-state index contributed by atoms with van der Waals surface area (Å²) in [5.74, 6) is 0.00665. The molecule has 264 valence electrons. The fraction of sp³-hybridized carbons (Fsp3) is 0.385. The van der Waals surface area contributed by atoms with Gasteiger partial charge in [-0.05, 0) is 65.8 Å². The van der Waals surface area contributed by atoms with Gasteiger partial charge in [0.05, 0.1) is 18.5 Å². The first-order chi connectivity index (χ1) is 23.6. The van der Waals surface area contributed by atoms with Crippen molar-refractivity contribution in [2.45, 2.75) is 65.8 Å². The summed E-state index contributed by atoms with van der Waals surface area (Å²) in [6.45, 7) is 18.8. The molecule has 50 heavy (non-hydrogen) atoms. The maximum atomic E-state index is 12.7. The number of carbonyl (C=O) groups is 2. The molecule has 0 spiro atoms. The van der Waals surface area contributed by atoms with E-state index in [0.29, 0.717) is 11.3 Å². The molecule has 1 saturated heterocycles. The SMILES string of the molecule is Cc1ccc(NC(=O)Nc2ccc(-c3nc(CN4CCN(CC(=O)N/N=C/c5cc(C(C)(C)C)cc(C(C)(C)C)c5O)CC4)cs3)cc2)cc1. The van der Waals surface area contributed by atoms with Crippen molar-refractivity contribution in [2.75, 3.05) is 43.4 Å². The van der Waals surface area contributed by atoms with E-state index in [4.69, 9.17) is 4.98 Å². The summed E-state index contributed by atoms with van der Waals surface area (Å²) in [4.78, 5) is 34.5. The number of benzene rings is 3. The van der Waals surface area contributed by atoms with Gasteiger partial charge < -0.3 is 15.7 Å². The van der Waals surface area contributed by atoms with Crippen molar-refractivity contribution in [1.82, 2.24) is 20.2 Å². The molecule has 1 aliphatic heterocycles. The minimum absolute atomic E-state index is 0.0992. The molecule has 0 aliphatic carbocycles. The number of piperazine rings is 1. The Hall–Kier alpha value is -4.58. The molecule has 1 fully saturated rings. The Labute approximate surface area is 299 Å². The summed E-state index contributed by atoms with van der Waals surface area (Å²) >= 11 is 1.60. The first-order valence-electron chi connectivity index (χ1n) is 17.0. The number of carbonyl (C=O) groups excluding carboxylic acids is 2. The van der Waals surface area contributed by atoms with Crippen LogP contribution in [0.4, 0.5) is 16.2 Å². The second-order valence-corrected chi connectivity index (χ2v) is 15.8. The van der Waals surface area contributed by atoms with E-state index in [0.717, 1.165) is 71.4 Å². The zero-order valence-electron chi connectivity index (χ0n) is 30.1. The molecular formula is C39H49N7O3S. The molecule has 0 unspecified atom stereocenters. The molecular weight excluding hydrogens is 647 g/mol. The molecule has 0 saturated carbocycles. The average molecular weight is 696 g/mol. The summed E-state index contributed by atoms with van der Waals surface area (Å²) in [5, 5.41) is 23.9. The van der Waals surface area contributed by atoms with E-state index in [1.165, 1.54) is 6.21 Å². The maximum Gasteiger partial charge on any atom is 0.323 e. The van der Waals surface area contributed by atoms with Gasteiger partial charge >= 0.3 is 6.03 Å². The Bertz CT molecular complexity index is 1810. The number of amides is 3. The first kappa shape index (κ1) is 36.7. The fourth-order valence-corrected chi connectivity index (χ4v) is 6.46. The van der Waals surface area contributed by atoms with Crippen molar-refractivity contribution in [3.05, 3.63) is 94.0 Å². The van der Waals surface area contributed by atoms with Crippen molar-refractivity contribution < 1.29 is 14.7 Å². The first-order valence-corrected chi connectivity index (χ1v) is 17.9. The lowest BCUT2D eigenvalue weighted by Gasteiger charge is -2.33. The molecule has 10 nitrogen and oxygen atoms in total. The van der Waals surface area contributed by atoms with Crippen LogP contribution in [0.2, 0.25) is 0 Å². The third kappa shape index (κ3) is 9.99. The van der Waals surface area contributed by atoms with E-state index < -0.39 is 0 Å². The number of aryl methyl sites for hydroxylation is 1. The van der Waals surface area contributed by atoms with Crippen LogP contribution in [-0.4, -0.2) is 70.8 Å². The van der Waals surface area contributed by atoms with Crippen molar-refractivity contribution in [3.8, 4) is 16.3 Å². The number of aromatic hydroxyl groups is 1. The van der Waals surface area contributed by atoms with Crippen LogP contribution in [0.1, 0.15) is 69.5 Å². The number of urea groups is 1. The van der Waals surface area contributed by atoms with Crippen molar-refractivity contribution in [2.24, 2.45) is 5.10 Å². The summed E-state index contributed by atoms with van der Waals surface area (Å²) in [5.41, 5.74) is 9.44. The zero-order valence-corrected chi connectivity index (χ0v) is 30.9. The highest BCUT2D eigenvalue weighted by Crippen LogP contribution is 2.37. The van der Waals surface area contributed by atoms with Gasteiger partial charge in [-0.2, -0.15) is 5.10 Å². The number of nitrogens with one attached hydrogen (secondary N) is 3. The lowest BCUT2D eigenvalue weighted by atomic mass is 9.79. The Morgan fingerprint density at radius 3 is 2.08 bits per heavy atom. The summed E-state index contributed by atoms with van der Waals surface area (Å²) in [6, 6.07) is 19.1. The molecule has 1 aromatic heterocycles. The Kier molecular flexibility index (Phi) is 11.4. The smallest absolute Gasteiger partial charge is 0.323 e. The van der Waals surface area contributed by atoms with Crippen LogP contribution in [0.15, 0.2) is 71.1 Å². The normalized spacial score (nSPS) is 14.5. The molecule has 1 aliphatic rings. The van der Waals surface area contributed by atoms with Crippen LogP contribution in [-0.2, 0) is 22.2 Å². The number of anilines is 2. The minimum Gasteiger partial charge on any atom is -0.507 e. The number of phenolic OH excluding ortho intramolecular Hbond substituents is 1. The topological polar surface area (TPSA) is 122 Å². The number of phenols is 1. The molecule has 11 heteroatoms. The Balaban J connectivity index is 1.07. The standard InChI is InChI=1S/C39H49N7O3S/c1-26-8-12-30(13-9-26)42-37(49)43-31-14-10-27(11-15-31)36-41-32(25-50-36)23-45-16-18-46(19-17-45)24-34(47)44-40-22-28-20-29(38(2,3)4)21-33(35(28)48)39(5,6)7/h8-15,20-22,25,48H,16-19,23-24H2,1-7H3,(H,44,47)(H2,42,43,49)/b40-22+. The number of nitrogens with zero attached hydrogens (tertiary/aromatic N) is 4. The van der Waals surface area contributed by atoms with Gasteiger partial charge in [0.1, 0.15) is 10.8 Å². The predicted octanol–water partition coefficient (Wildman–Crippen LogP) is 7.33. The largest absolute Gasteiger partial charge is 0.507 e. The lowest BCUT2D eigenvalue weighted by molar-refractivity contribution is -0.122. The number of hydrazone groups is 1. The number of rotatable bonds is 9. The Morgan fingerprint density at radius 1 is 0.880 bits per heavy atom. The van der Waals surface area contributed by atoms with Gasteiger partial charge in [0.25, 0.3) is 5.91 Å². The van der Waals surface area contributed by atoms with E-state index in [-0.39, 0.29) is 35.1 Å². The van der Waals surface area contributed by atoms with E-state index in [9.17, 15) is 14.7 Å². The van der Waals surface area contributed by atoms with Crippen LogP contribution in [0.3, 0.4) is 0 Å². The van der Waals surface area contributed by atoms with Gasteiger partial charge in [0, 0.05) is 66.2 Å². The highest BCUT2D eigenvalue weighted by Gasteiger charge is 2.25. The highest BCUT2D eigenvalue weighted by atomic mass is 32.1. The van der Waals surface area contributed by atoms with Gasteiger partial charge in [-0.25, -0.2) is 15.2 Å². The molecule has 0 bridgehead atoms. The molecule has 0 atom stereocenters. The number of aromatic nitrogens is 1. The lowest BCUT2D eigenvalue weighted by Crippen LogP contribution is -2.48. The van der Waals surface area contributed by atoms with Crippen LogP contribution in [0.25, 0.3) is 10.6 Å². The second kappa shape index (κ2) is 15.5. The van der Waals surface area contributed by atoms with Crippen molar-refractivity contribution in [1.29, 1.82) is 0 Å². The van der Waals surface area contributed by atoms with Gasteiger partial charge in [0.2, 0.25) is 0 Å². The molecule has 4 aromatic rings. The molecule has 5 rings (SSSR count). The van der Waals surface area contributed by atoms with Crippen molar-refractivity contribution in [3.63, 3.8) is 0 Å². The van der Waals surface area contributed by atoms with Crippen LogP contribution < -0.4 is 16.1 Å². The molecule has 2 heterocycles. The zero-order chi connectivity index (χ0) is 36.1. The molecule has 4 N–H and O–H groups in total. The van der Waals surface area contributed by atoms with E-state index in [1.54, 1.807) is 11.3 Å². The quantitative estimate of drug-likeness (QED) is 0.108. The predicted molar refractivity (Wildman–Crippen MR) is 204 cm³/mol. The summed E-state index contributed by atoms with van der Waals surface area (Å²) in [7, 11) is 0. The highest BCUT2D eigenvalue weighted by molar-refractivity contribution is 7.13. The van der Waals surface area contributed by atoms with E-state index >= 15 is 0 Å². The fourth-order valence-electron chi connectivity index (χ4n) is 5.65. The van der Waals surface area contributed by atoms with Crippen LogP contribution >= 0.6 is 11.3 Å². The maximum absolute atomic E-state index is 12.7. The van der Waals surface area contributed by atoms with Gasteiger partial charge in [-0.1, -0.05) is 65.3 Å². The molecule has 3 aromatic carbocycles. The number of thiazole rings is 1. The summed E-state index contributed by atoms with van der Waals surface area (Å²) in [6.07, 6.45) is 1.54. The monoisotopic (exact) mass is 695 g/mol. The molecule has 0 radical (unpaired) electrons. The third-order valence-corrected chi connectivity index (χ3v) is 9.62. The third-order valence-electron chi connectivity index (χ3n) is 8.67. The number of hydrogen-bond donors (Lipinski definition) is 4. The minimum atomic E-state index is -0.291. The van der Waals surface area contributed by atoms with Gasteiger partial charge in [0.15, 0.2) is 0 Å². The number of hydrogen-bond acceptors (Lipinski definition) is 8.